The molecular formula is C19H23N3O3. The fourth-order valence-electron chi connectivity index (χ4n) is 2.49. The van der Waals surface area contributed by atoms with Crippen LogP contribution in [-0.4, -0.2) is 23.9 Å². The molecule has 0 unspecified atom stereocenters. The maximum Gasteiger partial charge on any atom is 0.292 e. The summed E-state index contributed by atoms with van der Waals surface area (Å²) < 4.78 is 0. The molecule has 0 saturated heterocycles. The average molecular weight is 341 g/mol. The molecule has 0 aliphatic rings. The average Bonchev–Trinajstić information content (AvgIpc) is 2.61. The maximum atomic E-state index is 12.0. The number of rotatable bonds is 8. The lowest BCUT2D eigenvalue weighted by molar-refractivity contribution is -0.384. The third-order valence-corrected chi connectivity index (χ3v) is 4.05. The predicted molar refractivity (Wildman–Crippen MR) is 98.7 cm³/mol. The highest BCUT2D eigenvalue weighted by Crippen LogP contribution is 2.23. The zero-order valence-electron chi connectivity index (χ0n) is 14.5. The Kier molecular flexibility index (Phi) is 6.11. The van der Waals surface area contributed by atoms with Crippen LogP contribution in [0.5, 0.6) is 0 Å². The van der Waals surface area contributed by atoms with E-state index in [0.29, 0.717) is 18.8 Å². The standard InChI is InChI=1S/C19H23N3O3/c1-19(2,15-8-4-3-5-9-15)14-21-18(23)12-13-20-16-10-6-7-11-17(16)22(24)25/h3-11,20H,12-14H2,1-2H3,(H,21,23). The summed E-state index contributed by atoms with van der Waals surface area (Å²) in [7, 11) is 0. The fourth-order valence-corrected chi connectivity index (χ4v) is 2.49. The van der Waals surface area contributed by atoms with Gasteiger partial charge >= 0.3 is 0 Å². The Morgan fingerprint density at radius 2 is 1.72 bits per heavy atom. The maximum absolute atomic E-state index is 12.0. The highest BCUT2D eigenvalue weighted by molar-refractivity contribution is 5.76. The number of carbonyl (C=O) groups excluding carboxylic acids is 1. The second kappa shape index (κ2) is 8.28. The first-order valence-electron chi connectivity index (χ1n) is 8.20. The molecule has 0 spiro atoms. The molecule has 0 radical (unpaired) electrons. The second-order valence-electron chi connectivity index (χ2n) is 6.48. The predicted octanol–water partition coefficient (Wildman–Crippen LogP) is 3.49. The number of amides is 1. The molecular weight excluding hydrogens is 318 g/mol. The van der Waals surface area contributed by atoms with Crippen LogP contribution in [0.15, 0.2) is 54.6 Å². The van der Waals surface area contributed by atoms with Crippen LogP contribution in [-0.2, 0) is 10.2 Å². The summed E-state index contributed by atoms with van der Waals surface area (Å²) in [6.07, 6.45) is 0.247. The van der Waals surface area contributed by atoms with Crippen molar-refractivity contribution in [2.24, 2.45) is 0 Å². The van der Waals surface area contributed by atoms with E-state index in [2.05, 4.69) is 24.5 Å². The summed E-state index contributed by atoms with van der Waals surface area (Å²) in [5.41, 5.74) is 1.43. The van der Waals surface area contributed by atoms with E-state index in [9.17, 15) is 14.9 Å². The number of carbonyl (C=O) groups is 1. The van der Waals surface area contributed by atoms with Gasteiger partial charge in [0.2, 0.25) is 5.91 Å². The van der Waals surface area contributed by atoms with Crippen molar-refractivity contribution >= 4 is 17.3 Å². The van der Waals surface area contributed by atoms with Crippen LogP contribution in [0.4, 0.5) is 11.4 Å². The lowest BCUT2D eigenvalue weighted by Crippen LogP contribution is -2.37. The second-order valence-corrected chi connectivity index (χ2v) is 6.48. The number of nitrogens with zero attached hydrogens (tertiary/aromatic N) is 1. The van der Waals surface area contributed by atoms with E-state index >= 15 is 0 Å². The molecule has 2 aromatic rings. The third kappa shape index (κ3) is 5.31. The van der Waals surface area contributed by atoms with Crippen LogP contribution in [0.1, 0.15) is 25.8 Å². The molecule has 0 bridgehead atoms. The van der Waals surface area contributed by atoms with Crippen molar-refractivity contribution in [3.63, 3.8) is 0 Å². The van der Waals surface area contributed by atoms with Gasteiger partial charge in [0, 0.05) is 31.0 Å². The number of benzene rings is 2. The molecule has 25 heavy (non-hydrogen) atoms. The van der Waals surface area contributed by atoms with E-state index in [1.807, 2.05) is 30.3 Å². The molecule has 2 aromatic carbocycles. The van der Waals surface area contributed by atoms with E-state index in [1.54, 1.807) is 18.2 Å². The molecule has 2 N–H and O–H groups in total. The Morgan fingerprint density at radius 3 is 2.40 bits per heavy atom. The Morgan fingerprint density at radius 1 is 1.08 bits per heavy atom. The van der Waals surface area contributed by atoms with Crippen LogP contribution in [0.3, 0.4) is 0 Å². The highest BCUT2D eigenvalue weighted by Gasteiger charge is 2.21. The minimum absolute atomic E-state index is 0.00752. The van der Waals surface area contributed by atoms with Gasteiger partial charge in [0.25, 0.3) is 5.69 Å². The van der Waals surface area contributed by atoms with Gasteiger partial charge in [-0.25, -0.2) is 0 Å². The summed E-state index contributed by atoms with van der Waals surface area (Å²) in [6.45, 7) is 5.02. The normalized spacial score (nSPS) is 11.0. The van der Waals surface area contributed by atoms with Gasteiger partial charge in [-0.3, -0.25) is 14.9 Å². The summed E-state index contributed by atoms with van der Waals surface area (Å²) >= 11 is 0. The van der Waals surface area contributed by atoms with Crippen LogP contribution < -0.4 is 10.6 Å². The number of para-hydroxylation sites is 2. The number of hydrogen-bond donors (Lipinski definition) is 2. The van der Waals surface area contributed by atoms with Gasteiger partial charge in [0.15, 0.2) is 0 Å². The first kappa shape index (κ1) is 18.4. The zero-order valence-corrected chi connectivity index (χ0v) is 14.5. The topological polar surface area (TPSA) is 84.3 Å². The Balaban J connectivity index is 1.81. The molecule has 0 aliphatic carbocycles. The van der Waals surface area contributed by atoms with Crippen molar-refractivity contribution < 1.29 is 9.72 Å². The van der Waals surface area contributed by atoms with Crippen molar-refractivity contribution in [3.8, 4) is 0 Å². The third-order valence-electron chi connectivity index (χ3n) is 4.05. The van der Waals surface area contributed by atoms with Crippen LogP contribution in [0.2, 0.25) is 0 Å². The van der Waals surface area contributed by atoms with Crippen molar-refractivity contribution in [2.45, 2.75) is 25.7 Å². The fraction of sp³-hybridized carbons (Fsp3) is 0.316. The van der Waals surface area contributed by atoms with Gasteiger partial charge in [0.05, 0.1) is 4.92 Å². The molecule has 1 amide bonds. The Labute approximate surface area is 147 Å². The monoisotopic (exact) mass is 341 g/mol. The molecule has 0 aromatic heterocycles. The molecule has 2 rings (SSSR count). The molecule has 0 saturated carbocycles. The minimum atomic E-state index is -0.440. The Hall–Kier alpha value is -2.89. The smallest absolute Gasteiger partial charge is 0.292 e. The molecule has 6 heteroatoms. The van der Waals surface area contributed by atoms with Gasteiger partial charge in [-0.2, -0.15) is 0 Å². The molecule has 0 atom stereocenters. The molecule has 0 heterocycles. The first-order chi connectivity index (χ1) is 11.9. The Bertz CT molecular complexity index is 730. The van der Waals surface area contributed by atoms with Crippen molar-refractivity contribution in [2.75, 3.05) is 18.4 Å². The van der Waals surface area contributed by atoms with Crippen molar-refractivity contribution in [1.82, 2.24) is 5.32 Å². The highest BCUT2D eigenvalue weighted by atomic mass is 16.6. The minimum Gasteiger partial charge on any atom is -0.379 e. The van der Waals surface area contributed by atoms with Gasteiger partial charge in [0.1, 0.15) is 5.69 Å². The van der Waals surface area contributed by atoms with Crippen LogP contribution in [0.25, 0.3) is 0 Å². The van der Waals surface area contributed by atoms with Crippen LogP contribution in [0, 0.1) is 10.1 Å². The van der Waals surface area contributed by atoms with Gasteiger partial charge in [-0.1, -0.05) is 56.3 Å². The van der Waals surface area contributed by atoms with E-state index < -0.39 is 4.92 Å². The number of nitro benzene ring substituents is 1. The lowest BCUT2D eigenvalue weighted by atomic mass is 9.84. The number of nitro groups is 1. The van der Waals surface area contributed by atoms with E-state index in [4.69, 9.17) is 0 Å². The molecule has 132 valence electrons. The van der Waals surface area contributed by atoms with E-state index in [0.717, 1.165) is 5.56 Å². The summed E-state index contributed by atoms with van der Waals surface area (Å²) in [5.74, 6) is -0.0879. The van der Waals surface area contributed by atoms with E-state index in [-0.39, 0.29) is 23.4 Å². The summed E-state index contributed by atoms with van der Waals surface area (Å²) in [4.78, 5) is 22.6. The number of anilines is 1. The van der Waals surface area contributed by atoms with Crippen molar-refractivity contribution in [1.29, 1.82) is 0 Å². The molecule has 6 nitrogen and oxygen atoms in total. The quantitative estimate of drug-likeness (QED) is 0.568. The summed E-state index contributed by atoms with van der Waals surface area (Å²) in [5, 5.41) is 16.8. The number of nitrogens with one attached hydrogen (secondary N) is 2. The number of hydrogen-bond acceptors (Lipinski definition) is 4. The van der Waals surface area contributed by atoms with E-state index in [1.165, 1.54) is 6.07 Å². The SMILES string of the molecule is CC(C)(CNC(=O)CCNc1ccccc1[N+](=O)[O-])c1ccccc1. The van der Waals surface area contributed by atoms with Gasteiger partial charge in [-0.15, -0.1) is 0 Å². The summed E-state index contributed by atoms with van der Waals surface area (Å²) in [6, 6.07) is 16.4. The zero-order chi connectivity index (χ0) is 18.3. The lowest BCUT2D eigenvalue weighted by Gasteiger charge is -2.25. The van der Waals surface area contributed by atoms with Crippen molar-refractivity contribution in [3.05, 3.63) is 70.3 Å². The van der Waals surface area contributed by atoms with Gasteiger partial charge in [-0.05, 0) is 11.6 Å². The first-order valence-corrected chi connectivity index (χ1v) is 8.20. The van der Waals surface area contributed by atoms with Crippen LogP contribution >= 0.6 is 0 Å². The largest absolute Gasteiger partial charge is 0.379 e. The molecule has 0 aliphatic heterocycles. The van der Waals surface area contributed by atoms with Gasteiger partial charge < -0.3 is 10.6 Å². The molecule has 0 fully saturated rings.